The molecule has 0 spiro atoms. The van der Waals surface area contributed by atoms with Crippen LogP contribution in [-0.2, 0) is 9.59 Å². The fourth-order valence-corrected chi connectivity index (χ4v) is 8.42. The zero-order chi connectivity index (χ0) is 36.2. The standard InChI is InChI=1S/C39H45ClN8O4/c40-34-23-32(8-3-28(34)24-41)52-31-9-6-30(7-10-31)48-37(49)14-11-33(39(48)51)27-1-4-29(5-2-27)46-21-19-45(20-22-46)25-26-15-17-47(18-16-26)36-13-12-35(38(42)50)43-44-36/h1-5,8,12-13,23,26,30-31,33H,6-7,9-11,14-22,25H2,(H2,42,50). The van der Waals surface area contributed by atoms with Crippen LogP contribution in [0.15, 0.2) is 54.6 Å². The van der Waals surface area contributed by atoms with Crippen molar-refractivity contribution < 1.29 is 19.1 Å². The lowest BCUT2D eigenvalue weighted by Gasteiger charge is -2.40. The smallest absolute Gasteiger partial charge is 0.269 e. The van der Waals surface area contributed by atoms with E-state index in [1.807, 2.05) is 6.07 Å². The van der Waals surface area contributed by atoms with Gasteiger partial charge >= 0.3 is 0 Å². The molecule has 12 nitrogen and oxygen atoms in total. The number of aromatic nitrogens is 2. The number of halogens is 1. The largest absolute Gasteiger partial charge is 0.490 e. The van der Waals surface area contributed by atoms with E-state index in [1.54, 1.807) is 29.2 Å². The Bertz CT molecular complexity index is 1790. The van der Waals surface area contributed by atoms with Crippen LogP contribution in [0.2, 0.25) is 5.02 Å². The Morgan fingerprint density at radius 3 is 2.23 bits per heavy atom. The molecule has 0 bridgehead atoms. The lowest BCUT2D eigenvalue weighted by molar-refractivity contribution is -0.153. The molecule has 3 aromatic rings. The van der Waals surface area contributed by atoms with E-state index < -0.39 is 5.91 Å². The second kappa shape index (κ2) is 15.9. The van der Waals surface area contributed by atoms with Gasteiger partial charge in [0.2, 0.25) is 11.8 Å². The molecule has 3 amide bonds. The number of rotatable bonds is 9. The minimum absolute atomic E-state index is 0.0314. The van der Waals surface area contributed by atoms with Crippen molar-refractivity contribution in [1.82, 2.24) is 20.0 Å². The molecule has 1 atom stereocenters. The molecule has 4 fully saturated rings. The highest BCUT2D eigenvalue weighted by molar-refractivity contribution is 6.31. The number of carbonyl (C=O) groups excluding carboxylic acids is 3. The topological polar surface area (TPSA) is 149 Å². The fraction of sp³-hybridized carbons (Fsp3) is 0.487. The number of carbonyl (C=O) groups is 3. The molecule has 4 heterocycles. The molecule has 1 unspecified atom stereocenters. The Labute approximate surface area is 309 Å². The number of nitrogens with zero attached hydrogens (tertiary/aromatic N) is 7. The Morgan fingerprint density at radius 2 is 1.60 bits per heavy atom. The van der Waals surface area contributed by atoms with E-state index in [-0.39, 0.29) is 35.6 Å². The second-order valence-corrected chi connectivity index (χ2v) is 14.9. The van der Waals surface area contributed by atoms with Crippen LogP contribution in [0.3, 0.4) is 0 Å². The minimum Gasteiger partial charge on any atom is -0.490 e. The fourth-order valence-electron chi connectivity index (χ4n) is 8.21. The van der Waals surface area contributed by atoms with E-state index >= 15 is 0 Å². The van der Waals surface area contributed by atoms with Crippen LogP contribution in [0.25, 0.3) is 0 Å². The molecule has 2 aromatic carbocycles. The number of piperidine rings is 2. The molecule has 0 radical (unpaired) electrons. The molecule has 4 aliphatic rings. The summed E-state index contributed by atoms with van der Waals surface area (Å²) in [7, 11) is 0. The number of amides is 3. The predicted octanol–water partition coefficient (Wildman–Crippen LogP) is 4.76. The van der Waals surface area contributed by atoms with Gasteiger partial charge in [-0.25, -0.2) is 0 Å². The summed E-state index contributed by atoms with van der Waals surface area (Å²) < 4.78 is 6.14. The molecule has 1 aliphatic carbocycles. The average molecular weight is 725 g/mol. The third-order valence-corrected chi connectivity index (χ3v) is 11.5. The molecular formula is C39H45ClN8O4. The molecule has 272 valence electrons. The number of hydrogen-bond donors (Lipinski definition) is 1. The summed E-state index contributed by atoms with van der Waals surface area (Å²) in [5.74, 6) is 1.01. The lowest BCUT2D eigenvalue weighted by Crippen LogP contribution is -2.51. The van der Waals surface area contributed by atoms with E-state index in [2.05, 4.69) is 55.2 Å². The SMILES string of the molecule is N#Cc1ccc(OC2CCC(N3C(=O)CCC(c4ccc(N5CCN(CC6CCN(c7ccc(C(N)=O)nn7)CC6)CC5)cc4)C3=O)CC2)cc1Cl. The summed E-state index contributed by atoms with van der Waals surface area (Å²) in [6.07, 6.45) is 5.93. The van der Waals surface area contributed by atoms with Crippen molar-refractivity contribution in [1.29, 1.82) is 5.26 Å². The molecule has 2 N–H and O–H groups in total. The summed E-state index contributed by atoms with van der Waals surface area (Å²) in [5.41, 5.74) is 8.02. The van der Waals surface area contributed by atoms with Crippen molar-refractivity contribution in [2.45, 2.75) is 69.4 Å². The van der Waals surface area contributed by atoms with Crippen LogP contribution in [0.1, 0.15) is 78.9 Å². The first-order valence-corrected chi connectivity index (χ1v) is 18.8. The van der Waals surface area contributed by atoms with Gasteiger partial charge in [-0.2, -0.15) is 5.26 Å². The summed E-state index contributed by atoms with van der Waals surface area (Å²) in [4.78, 5) is 46.9. The quantitative estimate of drug-likeness (QED) is 0.306. The maximum Gasteiger partial charge on any atom is 0.269 e. The average Bonchev–Trinajstić information content (AvgIpc) is 3.16. The van der Waals surface area contributed by atoms with E-state index in [1.165, 1.54) is 5.69 Å². The maximum atomic E-state index is 13.8. The highest BCUT2D eigenvalue weighted by Crippen LogP contribution is 2.36. The van der Waals surface area contributed by atoms with Gasteiger partial charge in [-0.3, -0.25) is 24.2 Å². The van der Waals surface area contributed by atoms with E-state index in [0.29, 0.717) is 47.9 Å². The van der Waals surface area contributed by atoms with E-state index in [4.69, 9.17) is 27.3 Å². The van der Waals surface area contributed by atoms with Crippen LogP contribution in [-0.4, -0.2) is 95.7 Å². The summed E-state index contributed by atoms with van der Waals surface area (Å²) in [5, 5.41) is 17.6. The first-order valence-electron chi connectivity index (χ1n) is 18.4. The predicted molar refractivity (Wildman–Crippen MR) is 197 cm³/mol. The summed E-state index contributed by atoms with van der Waals surface area (Å²) >= 11 is 6.18. The number of ether oxygens (including phenoxy) is 1. The van der Waals surface area contributed by atoms with Crippen LogP contribution in [0, 0.1) is 17.2 Å². The molecule has 1 saturated carbocycles. The maximum absolute atomic E-state index is 13.8. The Balaban J connectivity index is 0.864. The van der Waals surface area contributed by atoms with Gasteiger partial charge < -0.3 is 20.3 Å². The molecular weight excluding hydrogens is 680 g/mol. The number of likely N-dealkylation sites (tertiary alicyclic amines) is 1. The van der Waals surface area contributed by atoms with Gasteiger partial charge in [0.15, 0.2) is 11.5 Å². The van der Waals surface area contributed by atoms with E-state index in [9.17, 15) is 14.4 Å². The first kappa shape index (κ1) is 35.7. The third kappa shape index (κ3) is 8.01. The number of piperazine rings is 1. The van der Waals surface area contributed by atoms with Crippen LogP contribution >= 0.6 is 11.6 Å². The van der Waals surface area contributed by atoms with Crippen LogP contribution in [0.4, 0.5) is 11.5 Å². The van der Waals surface area contributed by atoms with Gasteiger partial charge in [0.1, 0.15) is 11.8 Å². The Morgan fingerprint density at radius 1 is 0.865 bits per heavy atom. The van der Waals surface area contributed by atoms with Gasteiger partial charge in [0.25, 0.3) is 5.91 Å². The molecule has 3 saturated heterocycles. The molecule has 7 rings (SSSR count). The number of hydrogen-bond acceptors (Lipinski definition) is 10. The minimum atomic E-state index is -0.566. The zero-order valence-electron chi connectivity index (χ0n) is 29.3. The zero-order valence-corrected chi connectivity index (χ0v) is 30.1. The molecule has 3 aliphatic heterocycles. The van der Waals surface area contributed by atoms with Crippen molar-refractivity contribution >= 4 is 40.8 Å². The summed E-state index contributed by atoms with van der Waals surface area (Å²) in [6, 6.07) is 18.9. The van der Waals surface area contributed by atoms with Crippen molar-refractivity contribution in [2.75, 3.05) is 55.6 Å². The van der Waals surface area contributed by atoms with Gasteiger partial charge in [-0.15, -0.1) is 10.2 Å². The number of benzene rings is 2. The number of primary amides is 1. The number of nitriles is 1. The van der Waals surface area contributed by atoms with E-state index in [0.717, 1.165) is 82.9 Å². The Kier molecular flexibility index (Phi) is 10.9. The highest BCUT2D eigenvalue weighted by Gasteiger charge is 2.40. The molecule has 13 heteroatoms. The molecule has 52 heavy (non-hydrogen) atoms. The highest BCUT2D eigenvalue weighted by atomic mass is 35.5. The van der Waals surface area contributed by atoms with Gasteiger partial charge in [0.05, 0.1) is 22.6 Å². The van der Waals surface area contributed by atoms with Crippen molar-refractivity contribution in [3.05, 3.63) is 76.4 Å². The molecule has 1 aromatic heterocycles. The Hall–Kier alpha value is -4.73. The van der Waals surface area contributed by atoms with Gasteiger partial charge in [-0.1, -0.05) is 23.7 Å². The number of nitrogens with two attached hydrogens (primary N) is 1. The second-order valence-electron chi connectivity index (χ2n) is 14.4. The van der Waals surface area contributed by atoms with Crippen molar-refractivity contribution in [3.63, 3.8) is 0 Å². The van der Waals surface area contributed by atoms with Crippen molar-refractivity contribution in [2.24, 2.45) is 11.7 Å². The summed E-state index contributed by atoms with van der Waals surface area (Å²) in [6.45, 7) is 6.86. The van der Waals surface area contributed by atoms with Gasteiger partial charge in [0, 0.05) is 70.0 Å². The number of anilines is 2. The lowest BCUT2D eigenvalue weighted by atomic mass is 9.85. The van der Waals surface area contributed by atoms with Crippen molar-refractivity contribution in [3.8, 4) is 11.8 Å². The normalized spacial score (nSPS) is 23.4. The third-order valence-electron chi connectivity index (χ3n) is 11.2. The first-order chi connectivity index (χ1) is 25.2. The monoisotopic (exact) mass is 724 g/mol. The van der Waals surface area contributed by atoms with Gasteiger partial charge in [-0.05, 0) is 92.8 Å². The number of imide groups is 1. The van der Waals surface area contributed by atoms with Crippen LogP contribution in [0.5, 0.6) is 5.75 Å². The van der Waals surface area contributed by atoms with Crippen LogP contribution < -0.4 is 20.3 Å².